The van der Waals surface area contributed by atoms with E-state index in [1.54, 1.807) is 45.0 Å². The topological polar surface area (TPSA) is 78.9 Å². The first-order valence-electron chi connectivity index (χ1n) is 9.32. The molecular formula is C22H27BrN2O4. The van der Waals surface area contributed by atoms with Gasteiger partial charge in [-0.05, 0) is 57.0 Å². The van der Waals surface area contributed by atoms with Crippen LogP contribution in [0.3, 0.4) is 0 Å². The number of anilines is 1. The number of hydrogen-bond acceptors (Lipinski definition) is 4. The molecule has 0 heterocycles. The standard InChI is InChI=1S/C22H27BrN2O4/c1-15-8-5-6-11-18(15)24-20(27)14-25(21(28)29-22(2,3)4)13-19(26)16-9-7-10-17(23)12-16/h5-12,19,26H,13-14H2,1-4H3,(H,24,27). The Morgan fingerprint density at radius 2 is 1.86 bits per heavy atom. The molecule has 0 saturated carbocycles. The van der Waals surface area contributed by atoms with Gasteiger partial charge in [0.25, 0.3) is 0 Å². The van der Waals surface area contributed by atoms with Gasteiger partial charge in [-0.25, -0.2) is 4.79 Å². The van der Waals surface area contributed by atoms with Crippen LogP contribution < -0.4 is 5.32 Å². The van der Waals surface area contributed by atoms with Crippen LogP contribution in [0.15, 0.2) is 53.0 Å². The van der Waals surface area contributed by atoms with Gasteiger partial charge < -0.3 is 15.2 Å². The third-order valence-corrected chi connectivity index (χ3v) is 4.53. The molecule has 2 amide bonds. The molecule has 29 heavy (non-hydrogen) atoms. The number of amides is 2. The van der Waals surface area contributed by atoms with Gasteiger partial charge >= 0.3 is 6.09 Å². The van der Waals surface area contributed by atoms with E-state index in [9.17, 15) is 14.7 Å². The molecule has 0 aliphatic rings. The van der Waals surface area contributed by atoms with Crippen LogP contribution in [0.4, 0.5) is 10.5 Å². The Bertz CT molecular complexity index is 864. The van der Waals surface area contributed by atoms with Crippen LogP contribution in [-0.2, 0) is 9.53 Å². The number of rotatable bonds is 6. The number of nitrogens with zero attached hydrogens (tertiary/aromatic N) is 1. The molecule has 1 atom stereocenters. The zero-order valence-electron chi connectivity index (χ0n) is 17.1. The minimum absolute atomic E-state index is 0.0768. The molecule has 0 radical (unpaired) electrons. The number of carbonyl (C=O) groups is 2. The second-order valence-electron chi connectivity index (χ2n) is 7.79. The molecule has 0 saturated heterocycles. The van der Waals surface area contributed by atoms with E-state index in [-0.39, 0.29) is 19.0 Å². The highest BCUT2D eigenvalue weighted by Crippen LogP contribution is 2.20. The van der Waals surface area contributed by atoms with Crippen molar-refractivity contribution >= 4 is 33.6 Å². The molecule has 1 unspecified atom stereocenters. The number of halogens is 1. The average molecular weight is 463 g/mol. The number of aliphatic hydroxyl groups is 1. The molecule has 2 rings (SSSR count). The number of nitrogens with one attached hydrogen (secondary N) is 1. The minimum atomic E-state index is -0.966. The van der Waals surface area contributed by atoms with E-state index in [4.69, 9.17) is 4.74 Å². The monoisotopic (exact) mass is 462 g/mol. The Balaban J connectivity index is 2.14. The second kappa shape index (κ2) is 9.89. The Morgan fingerprint density at radius 3 is 2.48 bits per heavy atom. The summed E-state index contributed by atoms with van der Waals surface area (Å²) in [7, 11) is 0. The molecule has 0 fully saturated rings. The lowest BCUT2D eigenvalue weighted by molar-refractivity contribution is -0.117. The number of aryl methyl sites for hydroxylation is 1. The molecule has 2 aromatic carbocycles. The SMILES string of the molecule is Cc1ccccc1NC(=O)CN(CC(O)c1cccc(Br)c1)C(=O)OC(C)(C)C. The Hall–Kier alpha value is -2.38. The molecule has 2 N–H and O–H groups in total. The molecule has 156 valence electrons. The van der Waals surface area contributed by atoms with E-state index in [2.05, 4.69) is 21.2 Å². The van der Waals surface area contributed by atoms with Crippen molar-refractivity contribution in [2.45, 2.75) is 39.4 Å². The molecule has 2 aromatic rings. The molecule has 0 aliphatic heterocycles. The first kappa shape index (κ1) is 22.9. The van der Waals surface area contributed by atoms with Crippen LogP contribution in [0.5, 0.6) is 0 Å². The van der Waals surface area contributed by atoms with Crippen molar-refractivity contribution in [3.8, 4) is 0 Å². The van der Waals surface area contributed by atoms with Crippen molar-refractivity contribution in [2.24, 2.45) is 0 Å². The lowest BCUT2D eigenvalue weighted by Gasteiger charge is -2.28. The van der Waals surface area contributed by atoms with Gasteiger partial charge in [-0.15, -0.1) is 0 Å². The molecule has 7 heteroatoms. The van der Waals surface area contributed by atoms with Gasteiger partial charge in [0, 0.05) is 10.2 Å². The quantitative estimate of drug-likeness (QED) is 0.653. The van der Waals surface area contributed by atoms with Gasteiger partial charge in [-0.3, -0.25) is 9.69 Å². The van der Waals surface area contributed by atoms with Gasteiger partial charge in [0.1, 0.15) is 12.1 Å². The molecular weight excluding hydrogens is 436 g/mol. The fraction of sp³-hybridized carbons (Fsp3) is 0.364. The lowest BCUT2D eigenvalue weighted by Crippen LogP contribution is -2.43. The summed E-state index contributed by atoms with van der Waals surface area (Å²) in [6.45, 7) is 6.82. The zero-order valence-corrected chi connectivity index (χ0v) is 18.7. The van der Waals surface area contributed by atoms with Crippen molar-refractivity contribution in [2.75, 3.05) is 18.4 Å². The third-order valence-electron chi connectivity index (χ3n) is 4.03. The van der Waals surface area contributed by atoms with Crippen LogP contribution in [0.25, 0.3) is 0 Å². The van der Waals surface area contributed by atoms with Gasteiger partial charge in [-0.1, -0.05) is 46.3 Å². The summed E-state index contributed by atoms with van der Waals surface area (Å²) in [5.74, 6) is -0.369. The highest BCUT2D eigenvalue weighted by Gasteiger charge is 2.26. The van der Waals surface area contributed by atoms with Crippen LogP contribution >= 0.6 is 15.9 Å². The van der Waals surface area contributed by atoms with Gasteiger partial charge in [0.2, 0.25) is 5.91 Å². The first-order chi connectivity index (χ1) is 13.5. The van der Waals surface area contributed by atoms with E-state index >= 15 is 0 Å². The number of carbonyl (C=O) groups excluding carboxylic acids is 2. The number of aliphatic hydroxyl groups excluding tert-OH is 1. The summed E-state index contributed by atoms with van der Waals surface area (Å²) in [5, 5.41) is 13.4. The molecule has 0 spiro atoms. The van der Waals surface area contributed by atoms with E-state index in [1.165, 1.54) is 4.90 Å². The minimum Gasteiger partial charge on any atom is -0.444 e. The molecule has 0 aliphatic carbocycles. The van der Waals surface area contributed by atoms with Crippen molar-refractivity contribution in [1.82, 2.24) is 4.90 Å². The normalized spacial score (nSPS) is 12.2. The van der Waals surface area contributed by atoms with E-state index in [0.29, 0.717) is 11.3 Å². The average Bonchev–Trinajstić information content (AvgIpc) is 2.61. The van der Waals surface area contributed by atoms with Crippen molar-refractivity contribution in [3.63, 3.8) is 0 Å². The van der Waals surface area contributed by atoms with Gasteiger partial charge in [0.15, 0.2) is 0 Å². The van der Waals surface area contributed by atoms with Gasteiger partial charge in [-0.2, -0.15) is 0 Å². The number of para-hydroxylation sites is 1. The Labute approximate surface area is 180 Å². The highest BCUT2D eigenvalue weighted by molar-refractivity contribution is 9.10. The summed E-state index contributed by atoms with van der Waals surface area (Å²) in [6.07, 6.45) is -1.63. The smallest absolute Gasteiger partial charge is 0.410 e. The maximum absolute atomic E-state index is 12.7. The fourth-order valence-corrected chi connectivity index (χ4v) is 3.05. The summed E-state index contributed by atoms with van der Waals surface area (Å²) in [4.78, 5) is 26.4. The van der Waals surface area contributed by atoms with Crippen molar-refractivity contribution in [1.29, 1.82) is 0 Å². The molecule has 0 aromatic heterocycles. The maximum atomic E-state index is 12.7. The number of ether oxygens (including phenoxy) is 1. The first-order valence-corrected chi connectivity index (χ1v) is 10.1. The summed E-state index contributed by atoms with van der Waals surface area (Å²) in [5.41, 5.74) is 1.50. The zero-order chi connectivity index (χ0) is 21.6. The fourth-order valence-electron chi connectivity index (χ4n) is 2.63. The summed E-state index contributed by atoms with van der Waals surface area (Å²) < 4.78 is 6.24. The van der Waals surface area contributed by atoms with Crippen LogP contribution in [-0.4, -0.2) is 40.7 Å². The predicted molar refractivity (Wildman–Crippen MR) is 117 cm³/mol. The second-order valence-corrected chi connectivity index (χ2v) is 8.71. The number of benzene rings is 2. The Kier molecular flexibility index (Phi) is 7.81. The summed E-state index contributed by atoms with van der Waals surface area (Å²) >= 11 is 3.37. The van der Waals surface area contributed by atoms with Crippen LogP contribution in [0.1, 0.15) is 38.0 Å². The Morgan fingerprint density at radius 1 is 1.17 bits per heavy atom. The molecule has 0 bridgehead atoms. The number of hydrogen-bond donors (Lipinski definition) is 2. The van der Waals surface area contributed by atoms with Crippen molar-refractivity contribution in [3.05, 3.63) is 64.1 Å². The van der Waals surface area contributed by atoms with Gasteiger partial charge in [0.05, 0.1) is 12.6 Å². The van der Waals surface area contributed by atoms with Crippen LogP contribution in [0.2, 0.25) is 0 Å². The largest absolute Gasteiger partial charge is 0.444 e. The predicted octanol–water partition coefficient (Wildman–Crippen LogP) is 4.67. The van der Waals surface area contributed by atoms with E-state index < -0.39 is 17.8 Å². The molecule has 6 nitrogen and oxygen atoms in total. The maximum Gasteiger partial charge on any atom is 0.410 e. The van der Waals surface area contributed by atoms with Crippen molar-refractivity contribution < 1.29 is 19.4 Å². The van der Waals surface area contributed by atoms with E-state index in [1.807, 2.05) is 31.2 Å². The lowest BCUT2D eigenvalue weighted by atomic mass is 10.1. The third kappa shape index (κ3) is 7.51. The highest BCUT2D eigenvalue weighted by atomic mass is 79.9. The van der Waals surface area contributed by atoms with Crippen LogP contribution in [0, 0.1) is 6.92 Å². The summed E-state index contributed by atoms with van der Waals surface area (Å²) in [6, 6.07) is 14.6. The van der Waals surface area contributed by atoms with E-state index in [0.717, 1.165) is 10.0 Å².